The summed E-state index contributed by atoms with van der Waals surface area (Å²) in [4.78, 5) is 38.8. The first kappa shape index (κ1) is 29.8. The summed E-state index contributed by atoms with van der Waals surface area (Å²) in [6.45, 7) is 3.86. The highest BCUT2D eigenvalue weighted by molar-refractivity contribution is 7.12. The number of carbonyl (C=O) groups excluding carboxylic acids is 2. The van der Waals surface area contributed by atoms with Crippen LogP contribution in [0.4, 0.5) is 4.79 Å². The fourth-order valence-electron chi connectivity index (χ4n) is 7.64. The molecule has 2 amide bonds. The van der Waals surface area contributed by atoms with E-state index >= 15 is 0 Å². The van der Waals surface area contributed by atoms with Crippen molar-refractivity contribution in [2.45, 2.75) is 69.8 Å². The number of nitrogens with one attached hydrogen (secondary N) is 2. The summed E-state index contributed by atoms with van der Waals surface area (Å²) in [5, 5.41) is 4.54. The Bertz CT molecular complexity index is 2100. The summed E-state index contributed by atoms with van der Waals surface area (Å²) in [5.74, 6) is 2.51. The molecule has 0 radical (unpaired) electrons. The summed E-state index contributed by atoms with van der Waals surface area (Å²) in [6, 6.07) is 18.3. The molecule has 0 spiro atoms. The molecule has 9 rings (SSSR count). The highest BCUT2D eigenvalue weighted by Gasteiger charge is 2.56. The van der Waals surface area contributed by atoms with Gasteiger partial charge in [-0.1, -0.05) is 31.5 Å². The Kier molecular flexibility index (Phi) is 6.92. The first-order chi connectivity index (χ1) is 23.3. The van der Waals surface area contributed by atoms with Gasteiger partial charge in [0.05, 0.1) is 41.1 Å². The van der Waals surface area contributed by atoms with Crippen LogP contribution in [-0.4, -0.2) is 50.6 Å². The molecule has 9 nitrogen and oxygen atoms in total. The van der Waals surface area contributed by atoms with Crippen LogP contribution in [0.1, 0.15) is 73.3 Å². The molecule has 2 aliphatic heterocycles. The number of aromatic nitrogens is 3. The van der Waals surface area contributed by atoms with Gasteiger partial charge in [-0.05, 0) is 92.0 Å². The predicted octanol–water partition coefficient (Wildman–Crippen LogP) is 8.27. The molecule has 5 heterocycles. The van der Waals surface area contributed by atoms with E-state index in [4.69, 9.17) is 26.1 Å². The lowest BCUT2D eigenvalue weighted by Crippen LogP contribution is -2.52. The third kappa shape index (κ3) is 4.91. The maximum atomic E-state index is 13.9. The zero-order chi connectivity index (χ0) is 32.8. The quantitative estimate of drug-likeness (QED) is 0.180. The zero-order valence-corrected chi connectivity index (χ0v) is 28.5. The highest BCUT2D eigenvalue weighted by Crippen LogP contribution is 2.54. The van der Waals surface area contributed by atoms with Crippen molar-refractivity contribution in [1.29, 1.82) is 0 Å². The van der Waals surface area contributed by atoms with Gasteiger partial charge in [0, 0.05) is 32.5 Å². The Morgan fingerprint density at radius 3 is 2.71 bits per heavy atom. The summed E-state index contributed by atoms with van der Waals surface area (Å²) in [7, 11) is 1.31. The van der Waals surface area contributed by atoms with E-state index in [1.165, 1.54) is 29.7 Å². The molecule has 3 aromatic heterocycles. The zero-order valence-electron chi connectivity index (χ0n) is 26.9. The normalized spacial score (nSPS) is 23.0. The van der Waals surface area contributed by atoms with Gasteiger partial charge < -0.3 is 24.7 Å². The SMILES string of the molecule is COC(=O)N[C@H](C(=O)N1C2CC2C[C@H]1c1ncc(-c2ccc3c(c2)OC(c2ccc(C4CC4)s2)n2c-3cc3cc(Cl)ccc32)[nH]1)C(C)C. The van der Waals surface area contributed by atoms with Crippen LogP contribution in [0.5, 0.6) is 5.75 Å². The minimum absolute atomic E-state index is 0.0910. The van der Waals surface area contributed by atoms with E-state index in [1.54, 1.807) is 0 Å². The lowest BCUT2D eigenvalue weighted by Gasteiger charge is -2.32. The number of imidazole rings is 1. The summed E-state index contributed by atoms with van der Waals surface area (Å²) in [6.07, 6.45) is 5.30. The molecule has 246 valence electrons. The minimum Gasteiger partial charge on any atom is -0.464 e. The molecular weight excluding hydrogens is 646 g/mol. The van der Waals surface area contributed by atoms with Gasteiger partial charge in [-0.3, -0.25) is 9.36 Å². The number of aromatic amines is 1. The molecule has 5 aromatic rings. The van der Waals surface area contributed by atoms with E-state index in [9.17, 15) is 9.59 Å². The Hall–Kier alpha value is -4.28. The summed E-state index contributed by atoms with van der Waals surface area (Å²) < 4.78 is 14.0. The van der Waals surface area contributed by atoms with Gasteiger partial charge in [0.1, 0.15) is 17.6 Å². The average molecular weight is 682 g/mol. The molecule has 2 aromatic carbocycles. The van der Waals surface area contributed by atoms with E-state index in [1.807, 2.05) is 48.4 Å². The summed E-state index contributed by atoms with van der Waals surface area (Å²) >= 11 is 8.26. The first-order valence-electron chi connectivity index (χ1n) is 16.7. The molecule has 2 saturated carbocycles. The van der Waals surface area contributed by atoms with Crippen molar-refractivity contribution in [3.05, 3.63) is 81.4 Å². The number of piperidine rings is 1. The van der Waals surface area contributed by atoms with Crippen LogP contribution in [-0.2, 0) is 9.53 Å². The number of amides is 2. The van der Waals surface area contributed by atoms with E-state index in [0.29, 0.717) is 16.9 Å². The molecule has 1 saturated heterocycles. The number of hydrogen-bond donors (Lipinski definition) is 2. The smallest absolute Gasteiger partial charge is 0.407 e. The van der Waals surface area contributed by atoms with Crippen LogP contribution >= 0.6 is 22.9 Å². The average Bonchev–Trinajstić information content (AvgIpc) is 3.80. The molecule has 2 aliphatic carbocycles. The number of ether oxygens (including phenoxy) is 2. The number of benzene rings is 2. The van der Waals surface area contributed by atoms with Crippen LogP contribution in [0.3, 0.4) is 0 Å². The van der Waals surface area contributed by atoms with E-state index in [2.05, 4.69) is 57.3 Å². The van der Waals surface area contributed by atoms with Crippen molar-refractivity contribution in [3.8, 4) is 28.3 Å². The third-order valence-corrected chi connectivity index (χ3v) is 11.9. The Morgan fingerprint density at radius 2 is 1.92 bits per heavy atom. The molecule has 3 unspecified atom stereocenters. The Morgan fingerprint density at radius 1 is 1.08 bits per heavy atom. The van der Waals surface area contributed by atoms with E-state index < -0.39 is 12.1 Å². The molecule has 11 heteroatoms. The molecule has 4 aliphatic rings. The van der Waals surface area contributed by atoms with E-state index in [0.717, 1.165) is 57.8 Å². The van der Waals surface area contributed by atoms with Crippen LogP contribution in [0.15, 0.2) is 60.8 Å². The number of hydrogen-bond acceptors (Lipinski definition) is 6. The molecule has 5 atom stereocenters. The van der Waals surface area contributed by atoms with Gasteiger partial charge in [-0.25, -0.2) is 9.78 Å². The van der Waals surface area contributed by atoms with Gasteiger partial charge in [0.25, 0.3) is 0 Å². The van der Waals surface area contributed by atoms with Crippen molar-refractivity contribution >= 4 is 45.8 Å². The fraction of sp³-hybridized carbons (Fsp3) is 0.378. The number of nitrogens with zero attached hydrogens (tertiary/aromatic N) is 3. The number of carbonyl (C=O) groups is 2. The van der Waals surface area contributed by atoms with Crippen molar-refractivity contribution in [1.82, 2.24) is 24.8 Å². The number of H-pyrrole nitrogens is 1. The molecule has 48 heavy (non-hydrogen) atoms. The monoisotopic (exact) mass is 681 g/mol. The number of rotatable bonds is 7. The minimum atomic E-state index is -0.671. The standard InChI is InChI=1S/C37H36ClN5O4S/c1-18(2)33(41-37(45)46-3)35(44)42-27-13-22(27)15-29(42)34-39-17-25(40-34)20-6-8-24-28-14-21-12-23(38)7-9-26(21)43(28)36(47-30(24)16-20)32-11-10-31(48-32)19-4-5-19/h6-12,14,16-19,22,27,29,33,36H,4-5,13,15H2,1-3H3,(H,39,40)(H,41,45)/t22?,27?,29-,33-,36?/m0/s1. The third-order valence-electron chi connectivity index (χ3n) is 10.4. The van der Waals surface area contributed by atoms with Crippen molar-refractivity contribution in [2.75, 3.05) is 7.11 Å². The van der Waals surface area contributed by atoms with Crippen LogP contribution in [0, 0.1) is 11.8 Å². The number of alkyl carbamates (subject to hydrolysis) is 1. The fourth-order valence-corrected chi connectivity index (χ4v) is 9.02. The van der Waals surface area contributed by atoms with Gasteiger partial charge in [0.15, 0.2) is 0 Å². The van der Waals surface area contributed by atoms with Crippen LogP contribution in [0.25, 0.3) is 33.4 Å². The maximum absolute atomic E-state index is 13.9. The molecular formula is C37H36ClN5O4S. The van der Waals surface area contributed by atoms with Crippen LogP contribution in [0.2, 0.25) is 5.02 Å². The number of fused-ring (bicyclic) bond motifs is 6. The van der Waals surface area contributed by atoms with Gasteiger partial charge >= 0.3 is 6.09 Å². The van der Waals surface area contributed by atoms with Gasteiger partial charge in [-0.15, -0.1) is 11.3 Å². The molecule has 0 bridgehead atoms. The lowest BCUT2D eigenvalue weighted by molar-refractivity contribution is -0.136. The number of methoxy groups -OCH3 is 1. The predicted molar refractivity (Wildman–Crippen MR) is 185 cm³/mol. The second-order valence-electron chi connectivity index (χ2n) is 13.9. The molecule has 2 N–H and O–H groups in total. The van der Waals surface area contributed by atoms with Crippen molar-refractivity contribution in [3.63, 3.8) is 0 Å². The Balaban J connectivity index is 1.05. The largest absolute Gasteiger partial charge is 0.464 e. The summed E-state index contributed by atoms with van der Waals surface area (Å²) in [5.41, 5.74) is 5.02. The van der Waals surface area contributed by atoms with Gasteiger partial charge in [-0.2, -0.15) is 0 Å². The Labute approximate surface area is 287 Å². The number of halogens is 1. The molecule has 3 fully saturated rings. The number of thiophene rings is 1. The maximum Gasteiger partial charge on any atom is 0.407 e. The number of likely N-dealkylation sites (tertiary alicyclic amines) is 1. The topological polar surface area (TPSA) is 101 Å². The first-order valence-corrected chi connectivity index (χ1v) is 17.9. The highest BCUT2D eigenvalue weighted by atomic mass is 35.5. The van der Waals surface area contributed by atoms with Crippen molar-refractivity contribution in [2.24, 2.45) is 11.8 Å². The van der Waals surface area contributed by atoms with Crippen molar-refractivity contribution < 1.29 is 19.1 Å². The second-order valence-corrected chi connectivity index (χ2v) is 15.5. The van der Waals surface area contributed by atoms with E-state index in [-0.39, 0.29) is 30.1 Å². The van der Waals surface area contributed by atoms with Crippen LogP contribution < -0.4 is 10.1 Å². The second kappa shape index (κ2) is 11.1. The van der Waals surface area contributed by atoms with Gasteiger partial charge in [0.2, 0.25) is 12.1 Å². The lowest BCUT2D eigenvalue weighted by atomic mass is 10.0.